The van der Waals surface area contributed by atoms with Crippen LogP contribution in [0.3, 0.4) is 0 Å². The van der Waals surface area contributed by atoms with E-state index in [1.54, 1.807) is 30.3 Å². The van der Waals surface area contributed by atoms with Crippen molar-refractivity contribution in [1.82, 2.24) is 4.31 Å². The van der Waals surface area contributed by atoms with E-state index in [9.17, 15) is 13.2 Å². The molecule has 1 fully saturated rings. The molecule has 0 radical (unpaired) electrons. The van der Waals surface area contributed by atoms with E-state index in [4.69, 9.17) is 0 Å². The normalized spacial score (nSPS) is 16.2. The number of carbonyl (C=O) groups is 1. The first kappa shape index (κ1) is 19.6. The minimum Gasteiger partial charge on any atom is -0.312 e. The van der Waals surface area contributed by atoms with Crippen LogP contribution >= 0.6 is 0 Å². The zero-order valence-electron chi connectivity index (χ0n) is 15.8. The second-order valence-corrected chi connectivity index (χ2v) is 8.80. The van der Waals surface area contributed by atoms with E-state index in [0.29, 0.717) is 37.4 Å². The van der Waals surface area contributed by atoms with Gasteiger partial charge in [-0.3, -0.25) is 4.79 Å². The SMILES string of the molecule is CCN(C(=O)C1CCN(S(=O)(=O)c2ccccc2)CC1)c1ccccc1C. The van der Waals surface area contributed by atoms with Crippen LogP contribution < -0.4 is 4.90 Å². The molecule has 1 heterocycles. The monoisotopic (exact) mass is 386 g/mol. The number of carbonyl (C=O) groups excluding carboxylic acids is 1. The van der Waals surface area contributed by atoms with Gasteiger partial charge in [-0.05, 0) is 50.5 Å². The van der Waals surface area contributed by atoms with Gasteiger partial charge in [0.25, 0.3) is 0 Å². The van der Waals surface area contributed by atoms with Crippen molar-refractivity contribution < 1.29 is 13.2 Å². The van der Waals surface area contributed by atoms with Crippen molar-refractivity contribution in [3.05, 3.63) is 60.2 Å². The second kappa shape index (κ2) is 8.23. The Morgan fingerprint density at radius 1 is 1.04 bits per heavy atom. The number of amides is 1. The minimum absolute atomic E-state index is 0.0866. The Balaban J connectivity index is 1.70. The molecule has 0 unspecified atom stereocenters. The Kier molecular flexibility index (Phi) is 5.97. The Labute approximate surface area is 161 Å². The minimum atomic E-state index is -3.49. The number of benzene rings is 2. The molecule has 0 aliphatic carbocycles. The number of hydrogen-bond acceptors (Lipinski definition) is 3. The summed E-state index contributed by atoms with van der Waals surface area (Å²) >= 11 is 0. The third-order valence-electron chi connectivity index (χ3n) is 5.17. The van der Waals surface area contributed by atoms with Gasteiger partial charge in [0.1, 0.15) is 0 Å². The summed E-state index contributed by atoms with van der Waals surface area (Å²) in [6, 6.07) is 16.3. The Morgan fingerprint density at radius 3 is 2.22 bits per heavy atom. The fourth-order valence-corrected chi connectivity index (χ4v) is 5.11. The van der Waals surface area contributed by atoms with Crippen LogP contribution in [0.5, 0.6) is 0 Å². The molecule has 1 saturated heterocycles. The molecule has 1 aliphatic heterocycles. The second-order valence-electron chi connectivity index (χ2n) is 6.86. The van der Waals surface area contributed by atoms with Gasteiger partial charge >= 0.3 is 0 Å². The largest absolute Gasteiger partial charge is 0.312 e. The highest BCUT2D eigenvalue weighted by molar-refractivity contribution is 7.89. The van der Waals surface area contributed by atoms with E-state index in [0.717, 1.165) is 11.3 Å². The van der Waals surface area contributed by atoms with Crippen molar-refractivity contribution in [2.75, 3.05) is 24.5 Å². The lowest BCUT2D eigenvalue weighted by Crippen LogP contribution is -2.44. The highest BCUT2D eigenvalue weighted by Crippen LogP contribution is 2.28. The first-order valence-corrected chi connectivity index (χ1v) is 10.8. The smallest absolute Gasteiger partial charge is 0.243 e. The van der Waals surface area contributed by atoms with Crippen molar-refractivity contribution in [3.63, 3.8) is 0 Å². The summed E-state index contributed by atoms with van der Waals surface area (Å²) < 4.78 is 27.0. The van der Waals surface area contributed by atoms with E-state index in [2.05, 4.69) is 0 Å². The van der Waals surface area contributed by atoms with E-state index >= 15 is 0 Å². The van der Waals surface area contributed by atoms with Crippen LogP contribution in [-0.4, -0.2) is 38.3 Å². The number of aryl methyl sites for hydroxylation is 1. The first-order valence-electron chi connectivity index (χ1n) is 9.37. The molecule has 0 N–H and O–H groups in total. The van der Waals surface area contributed by atoms with Gasteiger partial charge in [-0.25, -0.2) is 8.42 Å². The molecule has 1 aliphatic rings. The van der Waals surface area contributed by atoms with Crippen LogP contribution in [-0.2, 0) is 14.8 Å². The molecule has 0 atom stereocenters. The Morgan fingerprint density at radius 2 is 1.63 bits per heavy atom. The summed E-state index contributed by atoms with van der Waals surface area (Å²) in [6.07, 6.45) is 1.10. The van der Waals surface area contributed by atoms with Crippen molar-refractivity contribution >= 4 is 21.6 Å². The van der Waals surface area contributed by atoms with E-state index in [1.165, 1.54) is 4.31 Å². The van der Waals surface area contributed by atoms with E-state index < -0.39 is 10.0 Å². The van der Waals surface area contributed by atoms with Crippen LogP contribution in [0.2, 0.25) is 0 Å². The number of nitrogens with zero attached hydrogens (tertiary/aromatic N) is 2. The fraction of sp³-hybridized carbons (Fsp3) is 0.381. The molecule has 144 valence electrons. The summed E-state index contributed by atoms with van der Waals surface area (Å²) in [7, 11) is -3.49. The summed E-state index contributed by atoms with van der Waals surface area (Å²) in [6.45, 7) is 5.32. The summed E-state index contributed by atoms with van der Waals surface area (Å²) in [4.78, 5) is 15.2. The van der Waals surface area contributed by atoms with Crippen LogP contribution in [0.1, 0.15) is 25.3 Å². The molecular weight excluding hydrogens is 360 g/mol. The van der Waals surface area contributed by atoms with Crippen LogP contribution in [0.25, 0.3) is 0 Å². The molecule has 2 aromatic rings. The Hall–Kier alpha value is -2.18. The zero-order chi connectivity index (χ0) is 19.4. The third kappa shape index (κ3) is 4.06. The van der Waals surface area contributed by atoms with Gasteiger partial charge < -0.3 is 4.90 Å². The predicted molar refractivity (Wildman–Crippen MR) is 107 cm³/mol. The number of anilines is 1. The quantitative estimate of drug-likeness (QED) is 0.791. The standard InChI is InChI=1S/C21H26N2O3S/c1-3-23(20-12-8-7-9-17(20)2)21(24)18-13-15-22(16-14-18)27(25,26)19-10-5-4-6-11-19/h4-12,18H,3,13-16H2,1-2H3. The van der Waals surface area contributed by atoms with Crippen LogP contribution in [0, 0.1) is 12.8 Å². The highest BCUT2D eigenvalue weighted by atomic mass is 32.2. The van der Waals surface area contributed by atoms with Gasteiger partial charge in [-0.15, -0.1) is 0 Å². The van der Waals surface area contributed by atoms with Gasteiger partial charge in [0, 0.05) is 31.2 Å². The number of rotatable bonds is 5. The molecule has 5 nitrogen and oxygen atoms in total. The third-order valence-corrected chi connectivity index (χ3v) is 7.09. The number of hydrogen-bond donors (Lipinski definition) is 0. The molecule has 3 rings (SSSR count). The molecule has 0 aromatic heterocycles. The van der Waals surface area contributed by atoms with Gasteiger partial charge in [0.2, 0.25) is 15.9 Å². The van der Waals surface area contributed by atoms with E-state index in [1.807, 2.05) is 43.0 Å². The lowest BCUT2D eigenvalue weighted by atomic mass is 9.96. The molecule has 2 aromatic carbocycles. The van der Waals surface area contributed by atoms with Crippen molar-refractivity contribution in [2.45, 2.75) is 31.6 Å². The van der Waals surface area contributed by atoms with Gasteiger partial charge in [-0.1, -0.05) is 36.4 Å². The highest BCUT2D eigenvalue weighted by Gasteiger charge is 2.34. The fourth-order valence-electron chi connectivity index (χ4n) is 3.62. The summed E-state index contributed by atoms with van der Waals surface area (Å²) in [5, 5.41) is 0. The summed E-state index contributed by atoms with van der Waals surface area (Å²) in [5.74, 6) is -0.0599. The zero-order valence-corrected chi connectivity index (χ0v) is 16.7. The topological polar surface area (TPSA) is 57.7 Å². The average molecular weight is 387 g/mol. The van der Waals surface area contributed by atoms with Crippen LogP contribution in [0.15, 0.2) is 59.5 Å². The lowest BCUT2D eigenvalue weighted by molar-refractivity contribution is -0.123. The molecule has 0 spiro atoms. The average Bonchev–Trinajstić information content (AvgIpc) is 2.70. The molecule has 1 amide bonds. The maximum absolute atomic E-state index is 13.1. The predicted octanol–water partition coefficient (Wildman–Crippen LogP) is 3.45. The van der Waals surface area contributed by atoms with Crippen molar-refractivity contribution in [3.8, 4) is 0 Å². The van der Waals surface area contributed by atoms with Crippen LogP contribution in [0.4, 0.5) is 5.69 Å². The molecule has 27 heavy (non-hydrogen) atoms. The summed E-state index contributed by atoms with van der Waals surface area (Å²) in [5.41, 5.74) is 2.00. The van der Waals surface area contributed by atoms with E-state index in [-0.39, 0.29) is 11.8 Å². The number of piperidine rings is 1. The molecule has 0 saturated carbocycles. The van der Waals surface area contributed by atoms with Crippen molar-refractivity contribution in [1.29, 1.82) is 0 Å². The number of sulfonamides is 1. The van der Waals surface area contributed by atoms with Gasteiger partial charge in [0.05, 0.1) is 4.90 Å². The number of para-hydroxylation sites is 1. The van der Waals surface area contributed by atoms with Gasteiger partial charge in [-0.2, -0.15) is 4.31 Å². The maximum Gasteiger partial charge on any atom is 0.243 e. The Bertz CT molecular complexity index is 889. The lowest BCUT2D eigenvalue weighted by Gasteiger charge is -2.33. The van der Waals surface area contributed by atoms with Gasteiger partial charge in [0.15, 0.2) is 0 Å². The molecule has 0 bridgehead atoms. The molecular formula is C21H26N2O3S. The van der Waals surface area contributed by atoms with Crippen molar-refractivity contribution in [2.24, 2.45) is 5.92 Å². The maximum atomic E-state index is 13.1. The molecule has 6 heteroatoms. The first-order chi connectivity index (χ1) is 12.9.